The van der Waals surface area contributed by atoms with E-state index in [9.17, 15) is 22.4 Å². The lowest BCUT2D eigenvalue weighted by molar-refractivity contribution is 0.0380. The third kappa shape index (κ3) is 5.15. The molecule has 112 valence electrons. The van der Waals surface area contributed by atoms with Crippen LogP contribution in [0.3, 0.4) is 0 Å². The van der Waals surface area contributed by atoms with Crippen LogP contribution in [0.1, 0.15) is 23.7 Å². The topological polar surface area (TPSA) is 17.1 Å². The highest BCUT2D eigenvalue weighted by Gasteiger charge is 2.33. The van der Waals surface area contributed by atoms with Crippen LogP contribution in [0, 0.1) is 0 Å². The minimum atomic E-state index is -2.50. The Hall–Kier alpha value is -1.04. The summed E-state index contributed by atoms with van der Waals surface area (Å²) in [6.45, 7) is 0.845. The first-order chi connectivity index (χ1) is 9.43. The first-order valence-electron chi connectivity index (χ1n) is 6.22. The molecule has 0 aliphatic heterocycles. The molecule has 0 aliphatic rings. The lowest BCUT2D eigenvalue weighted by Gasteiger charge is -2.18. The van der Waals surface area contributed by atoms with E-state index in [1.807, 2.05) is 0 Å². The summed E-state index contributed by atoms with van der Waals surface area (Å²) in [4.78, 5) is 11.7. The van der Waals surface area contributed by atoms with Crippen LogP contribution in [0.2, 0.25) is 0 Å². The number of rotatable bonds is 7. The van der Waals surface area contributed by atoms with Crippen molar-refractivity contribution in [2.45, 2.75) is 38.0 Å². The van der Waals surface area contributed by atoms with Gasteiger partial charge in [-0.25, -0.2) is 17.6 Å². The molecule has 1 rings (SSSR count). The van der Waals surface area contributed by atoms with Crippen LogP contribution in [0.5, 0.6) is 0 Å². The fraction of sp³-hybridized carbons (Fsp3) is 0.500. The fourth-order valence-corrected chi connectivity index (χ4v) is 2.36. The smallest absolute Gasteiger partial charge is 0.219 e. The van der Waals surface area contributed by atoms with E-state index in [1.54, 1.807) is 30.3 Å². The Bertz CT molecular complexity index is 413. The number of benzene rings is 1. The molecule has 0 radical (unpaired) electrons. The van der Waals surface area contributed by atoms with Crippen molar-refractivity contribution in [3.05, 3.63) is 35.9 Å². The first kappa shape index (κ1) is 17.0. The van der Waals surface area contributed by atoms with Gasteiger partial charge in [0.25, 0.3) is 0 Å². The van der Waals surface area contributed by atoms with Gasteiger partial charge in [-0.3, -0.25) is 4.79 Å². The highest BCUT2D eigenvalue weighted by molar-refractivity contribution is 8.14. The molecule has 0 bridgehead atoms. The lowest BCUT2D eigenvalue weighted by atomic mass is 10.1. The van der Waals surface area contributed by atoms with E-state index < -0.39 is 24.7 Å². The van der Waals surface area contributed by atoms with Crippen molar-refractivity contribution in [2.75, 3.05) is 5.75 Å². The van der Waals surface area contributed by atoms with Crippen LogP contribution in [-0.2, 0) is 0 Å². The van der Waals surface area contributed by atoms with Crippen LogP contribution in [0.4, 0.5) is 17.6 Å². The van der Waals surface area contributed by atoms with Gasteiger partial charge in [0.15, 0.2) is 12.3 Å². The Morgan fingerprint density at radius 1 is 1.10 bits per heavy atom. The molecular formula is C14H16F4OS. The molecule has 0 fully saturated rings. The zero-order chi connectivity index (χ0) is 15.1. The van der Waals surface area contributed by atoms with Crippen molar-refractivity contribution >= 4 is 16.9 Å². The lowest BCUT2D eigenvalue weighted by Crippen LogP contribution is -2.34. The van der Waals surface area contributed by atoms with Gasteiger partial charge < -0.3 is 0 Å². The Morgan fingerprint density at radius 3 is 2.25 bits per heavy atom. The van der Waals surface area contributed by atoms with Crippen LogP contribution < -0.4 is 0 Å². The summed E-state index contributed by atoms with van der Waals surface area (Å²) in [7, 11) is 0. The van der Waals surface area contributed by atoms with Crippen molar-refractivity contribution in [1.82, 2.24) is 0 Å². The number of carbonyl (C=O) groups is 1. The third-order valence-electron chi connectivity index (χ3n) is 2.72. The number of alkyl halides is 4. The molecule has 1 aromatic carbocycles. The molecule has 0 aromatic heterocycles. The molecule has 4 unspecified atom stereocenters. The van der Waals surface area contributed by atoms with E-state index in [2.05, 4.69) is 0 Å². The molecule has 0 spiro atoms. The second-order valence-corrected chi connectivity index (χ2v) is 5.44. The molecular weight excluding hydrogens is 292 g/mol. The number of hydrogen-bond donors (Lipinski definition) is 0. The van der Waals surface area contributed by atoms with Crippen LogP contribution in [0.15, 0.2) is 30.3 Å². The van der Waals surface area contributed by atoms with E-state index >= 15 is 0 Å². The highest BCUT2D eigenvalue weighted by Crippen LogP contribution is 2.22. The number of thioether (sulfide) groups is 1. The summed E-state index contributed by atoms with van der Waals surface area (Å²) in [6, 6.07) is 8.37. The van der Waals surface area contributed by atoms with Crippen molar-refractivity contribution < 1.29 is 22.4 Å². The molecule has 4 atom stereocenters. The SMILES string of the molecule is CC(F)C(F)C(F)C(F)CCSC(=O)c1ccccc1. The number of hydrogen-bond acceptors (Lipinski definition) is 2. The molecule has 6 heteroatoms. The summed E-state index contributed by atoms with van der Waals surface area (Å²) in [6.07, 6.45) is -9.47. The largest absolute Gasteiger partial charge is 0.282 e. The molecule has 0 aliphatic carbocycles. The quantitative estimate of drug-likeness (QED) is 0.698. The second-order valence-electron chi connectivity index (χ2n) is 4.37. The molecule has 0 amide bonds. The van der Waals surface area contributed by atoms with E-state index in [4.69, 9.17) is 0 Å². The van der Waals surface area contributed by atoms with Gasteiger partial charge >= 0.3 is 0 Å². The van der Waals surface area contributed by atoms with Gasteiger partial charge in [-0.1, -0.05) is 42.1 Å². The molecule has 0 heterocycles. The first-order valence-corrected chi connectivity index (χ1v) is 7.20. The molecule has 1 nitrogen and oxygen atoms in total. The highest BCUT2D eigenvalue weighted by atomic mass is 32.2. The van der Waals surface area contributed by atoms with Gasteiger partial charge in [-0.05, 0) is 13.3 Å². The number of halogens is 4. The average Bonchev–Trinajstić information content (AvgIpc) is 2.46. The summed E-state index contributed by atoms with van der Waals surface area (Å²) in [5, 5.41) is -0.260. The normalized spacial score (nSPS) is 17.2. The Kier molecular flexibility index (Phi) is 7.05. The third-order valence-corrected chi connectivity index (χ3v) is 3.66. The van der Waals surface area contributed by atoms with Gasteiger partial charge in [0, 0.05) is 11.3 Å². The minimum absolute atomic E-state index is 0.0166. The summed E-state index contributed by atoms with van der Waals surface area (Å²) in [5.41, 5.74) is 0.463. The molecule has 1 aromatic rings. The predicted molar refractivity (Wildman–Crippen MR) is 73.1 cm³/mol. The predicted octanol–water partition coefficient (Wildman–Crippen LogP) is 4.32. The monoisotopic (exact) mass is 308 g/mol. The van der Waals surface area contributed by atoms with Crippen molar-refractivity contribution in [3.8, 4) is 0 Å². The zero-order valence-electron chi connectivity index (χ0n) is 10.9. The standard InChI is InChI=1S/C14H16F4OS/c1-9(15)12(17)13(18)11(16)7-8-20-14(19)10-5-3-2-4-6-10/h2-6,9,11-13H,7-8H2,1H3. The maximum Gasteiger partial charge on any atom is 0.219 e. The van der Waals surface area contributed by atoms with Gasteiger partial charge in [0.05, 0.1) is 0 Å². The van der Waals surface area contributed by atoms with E-state index in [0.717, 1.165) is 18.7 Å². The average molecular weight is 308 g/mol. The van der Waals surface area contributed by atoms with E-state index in [0.29, 0.717) is 5.56 Å². The van der Waals surface area contributed by atoms with Gasteiger partial charge in [-0.15, -0.1) is 0 Å². The Balaban J connectivity index is 2.35. The minimum Gasteiger partial charge on any atom is -0.282 e. The molecule has 0 saturated heterocycles. The van der Waals surface area contributed by atoms with Gasteiger partial charge in [-0.2, -0.15) is 0 Å². The van der Waals surface area contributed by atoms with Crippen LogP contribution in [-0.4, -0.2) is 35.6 Å². The van der Waals surface area contributed by atoms with Crippen molar-refractivity contribution in [1.29, 1.82) is 0 Å². The van der Waals surface area contributed by atoms with Gasteiger partial charge in [0.2, 0.25) is 5.12 Å². The van der Waals surface area contributed by atoms with Crippen LogP contribution >= 0.6 is 11.8 Å². The molecule has 0 N–H and O–H groups in total. The number of carbonyl (C=O) groups excluding carboxylic acids is 1. The van der Waals surface area contributed by atoms with Crippen molar-refractivity contribution in [2.24, 2.45) is 0 Å². The van der Waals surface area contributed by atoms with Crippen molar-refractivity contribution in [3.63, 3.8) is 0 Å². The Morgan fingerprint density at radius 2 is 1.70 bits per heavy atom. The molecule has 20 heavy (non-hydrogen) atoms. The maximum absolute atomic E-state index is 13.4. The summed E-state index contributed by atoms with van der Waals surface area (Å²) >= 11 is 0.834. The second kappa shape index (κ2) is 8.29. The summed E-state index contributed by atoms with van der Waals surface area (Å²) < 4.78 is 52.1. The van der Waals surface area contributed by atoms with E-state index in [1.165, 1.54) is 0 Å². The summed E-state index contributed by atoms with van der Waals surface area (Å²) in [5.74, 6) is 0.0166. The zero-order valence-corrected chi connectivity index (χ0v) is 11.8. The van der Waals surface area contributed by atoms with Crippen LogP contribution in [0.25, 0.3) is 0 Å². The maximum atomic E-state index is 13.4. The Labute approximate surface area is 119 Å². The fourth-order valence-electron chi connectivity index (χ4n) is 1.53. The van der Waals surface area contributed by atoms with E-state index in [-0.39, 0.29) is 17.3 Å². The molecule has 0 saturated carbocycles. The van der Waals surface area contributed by atoms with Gasteiger partial charge in [0.1, 0.15) is 12.3 Å².